The number of carbonyl (C=O) groups is 3. The number of aromatic nitrogens is 1. The number of fused-ring (bicyclic) bond motifs is 1. The van der Waals surface area contributed by atoms with Crippen molar-refractivity contribution in [3.05, 3.63) is 66.5 Å². The zero-order valence-electron chi connectivity index (χ0n) is 16.9. The zero-order chi connectivity index (χ0) is 21.6. The minimum atomic E-state index is -0.781. The molecule has 2 bridgehead atoms. The number of anilines is 2. The second kappa shape index (κ2) is 7.31. The van der Waals surface area contributed by atoms with E-state index in [0.717, 1.165) is 5.56 Å². The normalized spacial score (nSPS) is 28.0. The third kappa shape index (κ3) is 3.29. The molecule has 158 valence electrons. The Morgan fingerprint density at radius 1 is 1.19 bits per heavy atom. The highest BCUT2D eigenvalue weighted by Crippen LogP contribution is 2.52. The lowest BCUT2D eigenvalue weighted by Crippen LogP contribution is -2.43. The lowest BCUT2D eigenvalue weighted by atomic mass is 9.77. The van der Waals surface area contributed by atoms with Crippen molar-refractivity contribution in [1.29, 1.82) is 0 Å². The first kappa shape index (κ1) is 19.4. The molecule has 3 amide bonds. The maximum absolute atomic E-state index is 13.4. The van der Waals surface area contributed by atoms with Crippen LogP contribution in [0.3, 0.4) is 0 Å². The van der Waals surface area contributed by atoms with Crippen LogP contribution in [0.2, 0.25) is 0 Å². The number of nitrogens with one attached hydrogen (secondary N) is 2. The summed E-state index contributed by atoms with van der Waals surface area (Å²) in [5.41, 5.74) is 1.53. The standard InChI is InChI=1S/C23H22N4O4/c1-14(28)26-16-2-4-17(5-3-16)27-13-23-9-6-18(31-23)19(20(23)22(27)30)21(29)25-12-15-7-10-24-11-8-15/h2-11,18-20H,12-13H2,1H3,(H,25,29)(H,26,28)/t18?,19?,20?,23-/m1/s1. The largest absolute Gasteiger partial charge is 0.360 e. The van der Waals surface area contributed by atoms with Crippen LogP contribution < -0.4 is 15.5 Å². The Balaban J connectivity index is 1.34. The molecule has 2 N–H and O–H groups in total. The average molecular weight is 418 g/mol. The lowest BCUT2D eigenvalue weighted by molar-refractivity contribution is -0.132. The maximum atomic E-state index is 13.4. The number of amides is 3. The summed E-state index contributed by atoms with van der Waals surface area (Å²) in [4.78, 5) is 43.3. The number of rotatable bonds is 5. The summed E-state index contributed by atoms with van der Waals surface area (Å²) in [6.45, 7) is 2.17. The van der Waals surface area contributed by atoms with Crippen molar-refractivity contribution in [1.82, 2.24) is 10.3 Å². The van der Waals surface area contributed by atoms with Gasteiger partial charge in [-0.1, -0.05) is 12.2 Å². The minimum Gasteiger partial charge on any atom is -0.360 e. The van der Waals surface area contributed by atoms with Gasteiger partial charge in [-0.05, 0) is 42.0 Å². The van der Waals surface area contributed by atoms with Crippen LogP contribution in [0.25, 0.3) is 0 Å². The lowest BCUT2D eigenvalue weighted by Gasteiger charge is -2.23. The summed E-state index contributed by atoms with van der Waals surface area (Å²) in [6, 6.07) is 10.8. The number of nitrogens with zero attached hydrogens (tertiary/aromatic N) is 2. The van der Waals surface area contributed by atoms with Crippen molar-refractivity contribution in [2.45, 2.75) is 25.2 Å². The summed E-state index contributed by atoms with van der Waals surface area (Å²) in [5, 5.41) is 5.66. The molecule has 3 aliphatic heterocycles. The van der Waals surface area contributed by atoms with Gasteiger partial charge < -0.3 is 20.3 Å². The quantitative estimate of drug-likeness (QED) is 0.719. The van der Waals surface area contributed by atoms with Gasteiger partial charge in [0, 0.05) is 37.2 Å². The molecule has 3 aliphatic rings. The number of hydrogen-bond donors (Lipinski definition) is 2. The van der Waals surface area contributed by atoms with Crippen molar-refractivity contribution >= 4 is 29.1 Å². The third-order valence-corrected chi connectivity index (χ3v) is 6.12. The molecule has 4 heterocycles. The molecule has 0 saturated carbocycles. The van der Waals surface area contributed by atoms with E-state index in [9.17, 15) is 14.4 Å². The van der Waals surface area contributed by atoms with E-state index in [-0.39, 0.29) is 17.7 Å². The second-order valence-electron chi connectivity index (χ2n) is 8.13. The van der Waals surface area contributed by atoms with E-state index in [0.29, 0.717) is 24.5 Å². The van der Waals surface area contributed by atoms with E-state index >= 15 is 0 Å². The molecule has 0 aliphatic carbocycles. The average Bonchev–Trinajstić information content (AvgIpc) is 3.41. The molecular weight excluding hydrogens is 396 g/mol. The monoisotopic (exact) mass is 418 g/mol. The molecule has 2 saturated heterocycles. The van der Waals surface area contributed by atoms with Gasteiger partial charge in [-0.25, -0.2) is 0 Å². The van der Waals surface area contributed by atoms with Gasteiger partial charge in [-0.15, -0.1) is 0 Å². The van der Waals surface area contributed by atoms with Crippen molar-refractivity contribution in [2.75, 3.05) is 16.8 Å². The number of pyridine rings is 1. The molecule has 1 aromatic carbocycles. The van der Waals surface area contributed by atoms with Crippen LogP contribution in [-0.4, -0.2) is 41.0 Å². The van der Waals surface area contributed by atoms with Gasteiger partial charge >= 0.3 is 0 Å². The van der Waals surface area contributed by atoms with Gasteiger partial charge in [0.25, 0.3) is 0 Å². The fourth-order valence-electron chi connectivity index (χ4n) is 4.75. The Kier molecular flexibility index (Phi) is 4.59. The first-order valence-corrected chi connectivity index (χ1v) is 10.2. The molecule has 2 aromatic rings. The van der Waals surface area contributed by atoms with Crippen LogP contribution in [0.4, 0.5) is 11.4 Å². The van der Waals surface area contributed by atoms with E-state index in [1.807, 2.05) is 24.3 Å². The molecule has 4 atom stereocenters. The van der Waals surface area contributed by atoms with Gasteiger partial charge in [0.1, 0.15) is 5.60 Å². The first-order chi connectivity index (χ1) is 15.0. The van der Waals surface area contributed by atoms with Crippen LogP contribution in [0.15, 0.2) is 60.9 Å². The summed E-state index contributed by atoms with van der Waals surface area (Å²) in [7, 11) is 0. The number of hydrogen-bond acceptors (Lipinski definition) is 5. The summed E-state index contributed by atoms with van der Waals surface area (Å²) in [5.74, 6) is -1.59. The summed E-state index contributed by atoms with van der Waals surface area (Å²) in [6.07, 6.45) is 6.78. The second-order valence-corrected chi connectivity index (χ2v) is 8.13. The Morgan fingerprint density at radius 3 is 2.65 bits per heavy atom. The molecule has 3 unspecified atom stereocenters. The molecule has 1 aromatic heterocycles. The molecule has 1 spiro atoms. The molecule has 31 heavy (non-hydrogen) atoms. The van der Waals surface area contributed by atoms with E-state index in [1.54, 1.807) is 41.6 Å². The highest BCUT2D eigenvalue weighted by atomic mass is 16.5. The Morgan fingerprint density at radius 2 is 1.94 bits per heavy atom. The SMILES string of the molecule is CC(=O)Nc1ccc(N2C[C@@]34C=CC(O3)C(C(=O)NCc3ccncc3)C4C2=O)cc1. The number of carbonyl (C=O) groups excluding carboxylic acids is 3. The van der Waals surface area contributed by atoms with Gasteiger partial charge in [0.15, 0.2) is 0 Å². The molecule has 5 rings (SSSR count). The number of ether oxygens (including phenoxy) is 1. The predicted octanol–water partition coefficient (Wildman–Crippen LogP) is 1.64. The minimum absolute atomic E-state index is 0.122. The van der Waals surface area contributed by atoms with Gasteiger partial charge in [0.05, 0.1) is 24.5 Å². The van der Waals surface area contributed by atoms with Crippen LogP contribution in [0.5, 0.6) is 0 Å². The highest BCUT2D eigenvalue weighted by Gasteiger charge is 2.67. The van der Waals surface area contributed by atoms with E-state index < -0.39 is 23.5 Å². The Bertz CT molecular complexity index is 1070. The highest BCUT2D eigenvalue weighted by molar-refractivity contribution is 6.03. The van der Waals surface area contributed by atoms with E-state index in [1.165, 1.54) is 6.92 Å². The molecule has 8 nitrogen and oxygen atoms in total. The maximum Gasteiger partial charge on any atom is 0.234 e. The van der Waals surface area contributed by atoms with Crippen LogP contribution >= 0.6 is 0 Å². The van der Waals surface area contributed by atoms with Crippen LogP contribution in [0, 0.1) is 11.8 Å². The molecule has 0 radical (unpaired) electrons. The summed E-state index contributed by atoms with van der Waals surface area (Å²) < 4.78 is 6.17. The Hall–Kier alpha value is -3.52. The Labute approximate surface area is 179 Å². The molecule has 2 fully saturated rings. The van der Waals surface area contributed by atoms with E-state index in [2.05, 4.69) is 15.6 Å². The smallest absolute Gasteiger partial charge is 0.234 e. The van der Waals surface area contributed by atoms with E-state index in [4.69, 9.17) is 4.74 Å². The summed E-state index contributed by atoms with van der Waals surface area (Å²) >= 11 is 0. The van der Waals surface area contributed by atoms with Crippen molar-refractivity contribution in [3.63, 3.8) is 0 Å². The van der Waals surface area contributed by atoms with Crippen molar-refractivity contribution in [3.8, 4) is 0 Å². The predicted molar refractivity (Wildman–Crippen MR) is 113 cm³/mol. The first-order valence-electron chi connectivity index (χ1n) is 10.2. The van der Waals surface area contributed by atoms with Gasteiger partial charge in [0.2, 0.25) is 17.7 Å². The number of benzene rings is 1. The molecule has 8 heteroatoms. The third-order valence-electron chi connectivity index (χ3n) is 6.12. The van der Waals surface area contributed by atoms with Crippen LogP contribution in [-0.2, 0) is 25.7 Å². The zero-order valence-corrected chi connectivity index (χ0v) is 16.9. The van der Waals surface area contributed by atoms with Crippen LogP contribution in [0.1, 0.15) is 12.5 Å². The van der Waals surface area contributed by atoms with Crippen molar-refractivity contribution in [2.24, 2.45) is 11.8 Å². The fraction of sp³-hybridized carbons (Fsp3) is 0.304. The van der Waals surface area contributed by atoms with Gasteiger partial charge in [-0.3, -0.25) is 19.4 Å². The van der Waals surface area contributed by atoms with Crippen molar-refractivity contribution < 1.29 is 19.1 Å². The topological polar surface area (TPSA) is 101 Å². The molecular formula is C23H22N4O4. The fourth-order valence-corrected chi connectivity index (χ4v) is 4.75. The van der Waals surface area contributed by atoms with Gasteiger partial charge in [-0.2, -0.15) is 0 Å².